The van der Waals surface area contributed by atoms with Crippen molar-refractivity contribution in [1.82, 2.24) is 25.2 Å². The van der Waals surface area contributed by atoms with Crippen molar-refractivity contribution in [3.63, 3.8) is 0 Å². The van der Waals surface area contributed by atoms with Crippen molar-refractivity contribution in [2.75, 3.05) is 13.1 Å². The van der Waals surface area contributed by atoms with Gasteiger partial charge in [0.15, 0.2) is 0 Å². The number of carbonyl (C=O) groups excluding carboxylic acids is 1. The number of aromatic nitrogens is 3. The summed E-state index contributed by atoms with van der Waals surface area (Å²) in [5.74, 6) is 0.135. The molecule has 1 fully saturated rings. The molecule has 3 heterocycles. The number of thiazole rings is 1. The van der Waals surface area contributed by atoms with Crippen LogP contribution in [0.2, 0.25) is 0 Å². The highest BCUT2D eigenvalue weighted by atomic mass is 32.1. The van der Waals surface area contributed by atoms with Crippen molar-refractivity contribution in [2.45, 2.75) is 32.4 Å². The van der Waals surface area contributed by atoms with Gasteiger partial charge in [-0.3, -0.25) is 14.8 Å². The smallest absolute Gasteiger partial charge is 0.228 e. The van der Waals surface area contributed by atoms with Crippen LogP contribution in [0.5, 0.6) is 0 Å². The van der Waals surface area contributed by atoms with Crippen LogP contribution in [0.4, 0.5) is 0 Å². The van der Waals surface area contributed by atoms with Crippen LogP contribution in [0.25, 0.3) is 10.7 Å². The number of hydrogen-bond acceptors (Lipinski definition) is 6. The zero-order chi connectivity index (χ0) is 15.5. The third-order valence-corrected chi connectivity index (χ3v) is 4.49. The Morgan fingerprint density at radius 1 is 1.36 bits per heavy atom. The van der Waals surface area contributed by atoms with E-state index in [4.69, 9.17) is 0 Å². The molecule has 2 atom stereocenters. The topological polar surface area (TPSA) is 71.0 Å². The molecular formula is C15H19N5OS. The SMILES string of the molecule is CC1CN(C(=O)Cc2csc(-c3cnccn3)n2)CC(C)N1. The van der Waals surface area contributed by atoms with Gasteiger partial charge in [-0.2, -0.15) is 0 Å². The molecule has 1 N–H and O–H groups in total. The van der Waals surface area contributed by atoms with Crippen LogP contribution in [0.1, 0.15) is 19.5 Å². The van der Waals surface area contributed by atoms with E-state index in [2.05, 4.69) is 34.1 Å². The molecule has 7 heteroatoms. The lowest BCUT2D eigenvalue weighted by Crippen LogP contribution is -2.56. The first-order valence-electron chi connectivity index (χ1n) is 7.36. The minimum absolute atomic E-state index is 0.135. The molecule has 0 bridgehead atoms. The summed E-state index contributed by atoms with van der Waals surface area (Å²) in [7, 11) is 0. The Bertz CT molecular complexity index is 634. The lowest BCUT2D eigenvalue weighted by Gasteiger charge is -2.36. The Kier molecular flexibility index (Phi) is 4.44. The highest BCUT2D eigenvalue weighted by molar-refractivity contribution is 7.13. The van der Waals surface area contributed by atoms with Crippen molar-refractivity contribution in [2.24, 2.45) is 0 Å². The monoisotopic (exact) mass is 317 g/mol. The number of nitrogens with zero attached hydrogens (tertiary/aromatic N) is 4. The maximum absolute atomic E-state index is 12.4. The molecule has 1 aliphatic heterocycles. The zero-order valence-corrected chi connectivity index (χ0v) is 13.5. The van der Waals surface area contributed by atoms with E-state index in [0.29, 0.717) is 18.5 Å². The second-order valence-corrected chi connectivity index (χ2v) is 6.54. The van der Waals surface area contributed by atoms with E-state index in [-0.39, 0.29) is 5.91 Å². The molecule has 1 amide bonds. The molecule has 1 saturated heterocycles. The average Bonchev–Trinajstić information content (AvgIpc) is 2.95. The Labute approximate surface area is 133 Å². The zero-order valence-electron chi connectivity index (χ0n) is 12.7. The molecule has 0 aliphatic carbocycles. The van der Waals surface area contributed by atoms with E-state index in [1.165, 1.54) is 11.3 Å². The highest BCUT2D eigenvalue weighted by Crippen LogP contribution is 2.21. The molecule has 2 aromatic rings. The molecule has 2 aromatic heterocycles. The number of nitrogens with one attached hydrogen (secondary N) is 1. The van der Waals surface area contributed by atoms with E-state index >= 15 is 0 Å². The maximum Gasteiger partial charge on any atom is 0.228 e. The fraction of sp³-hybridized carbons (Fsp3) is 0.467. The Balaban J connectivity index is 1.66. The first-order valence-corrected chi connectivity index (χ1v) is 8.24. The predicted octanol–water partition coefficient (Wildman–Crippen LogP) is 1.35. The summed E-state index contributed by atoms with van der Waals surface area (Å²) in [5.41, 5.74) is 1.55. The fourth-order valence-corrected chi connectivity index (χ4v) is 3.49. The first kappa shape index (κ1) is 15.1. The second-order valence-electron chi connectivity index (χ2n) is 5.68. The van der Waals surface area contributed by atoms with Gasteiger partial charge >= 0.3 is 0 Å². The minimum atomic E-state index is 0.135. The van der Waals surface area contributed by atoms with Crippen LogP contribution >= 0.6 is 11.3 Å². The van der Waals surface area contributed by atoms with E-state index in [9.17, 15) is 4.79 Å². The normalized spacial score (nSPS) is 21.8. The van der Waals surface area contributed by atoms with Gasteiger partial charge in [-0.05, 0) is 13.8 Å². The summed E-state index contributed by atoms with van der Waals surface area (Å²) in [6.45, 7) is 5.71. The molecule has 6 nitrogen and oxygen atoms in total. The Morgan fingerprint density at radius 2 is 2.14 bits per heavy atom. The van der Waals surface area contributed by atoms with E-state index < -0.39 is 0 Å². The standard InChI is InChI=1S/C15H19N5OS/c1-10-7-20(8-11(2)18-10)14(21)5-12-9-22-15(19-12)13-6-16-3-4-17-13/h3-4,6,9-11,18H,5,7-8H2,1-2H3. The van der Waals surface area contributed by atoms with Crippen molar-refractivity contribution >= 4 is 17.2 Å². The van der Waals surface area contributed by atoms with Crippen molar-refractivity contribution in [1.29, 1.82) is 0 Å². The van der Waals surface area contributed by atoms with Crippen LogP contribution in [0.3, 0.4) is 0 Å². The Morgan fingerprint density at radius 3 is 2.82 bits per heavy atom. The van der Waals surface area contributed by atoms with Crippen molar-refractivity contribution < 1.29 is 4.79 Å². The summed E-state index contributed by atoms with van der Waals surface area (Å²) >= 11 is 1.50. The number of rotatable bonds is 3. The van der Waals surface area contributed by atoms with Crippen LogP contribution < -0.4 is 5.32 Å². The summed E-state index contributed by atoms with van der Waals surface area (Å²) < 4.78 is 0. The molecule has 2 unspecified atom stereocenters. The van der Waals surface area contributed by atoms with Crippen LogP contribution in [0.15, 0.2) is 24.0 Å². The van der Waals surface area contributed by atoms with Gasteiger partial charge in [-0.15, -0.1) is 11.3 Å². The highest BCUT2D eigenvalue weighted by Gasteiger charge is 2.25. The third-order valence-electron chi connectivity index (χ3n) is 3.58. The molecule has 1 aliphatic rings. The molecule has 3 rings (SSSR count). The van der Waals surface area contributed by atoms with Gasteiger partial charge in [0, 0.05) is 42.9 Å². The maximum atomic E-state index is 12.4. The van der Waals surface area contributed by atoms with Gasteiger partial charge in [-0.1, -0.05) is 0 Å². The van der Waals surface area contributed by atoms with Crippen LogP contribution in [0, 0.1) is 0 Å². The average molecular weight is 317 g/mol. The van der Waals surface area contributed by atoms with E-state index in [0.717, 1.165) is 29.5 Å². The summed E-state index contributed by atoms with van der Waals surface area (Å²) in [6, 6.07) is 0.663. The molecule has 116 valence electrons. The molecule has 22 heavy (non-hydrogen) atoms. The van der Waals surface area contributed by atoms with E-state index in [1.807, 2.05) is 10.3 Å². The van der Waals surface area contributed by atoms with Gasteiger partial charge in [0.25, 0.3) is 0 Å². The fourth-order valence-electron chi connectivity index (χ4n) is 2.71. The quantitative estimate of drug-likeness (QED) is 0.925. The van der Waals surface area contributed by atoms with Crippen LogP contribution in [-0.2, 0) is 11.2 Å². The molecule has 0 radical (unpaired) electrons. The third kappa shape index (κ3) is 3.48. The first-order chi connectivity index (χ1) is 10.6. The van der Waals surface area contributed by atoms with Gasteiger partial charge < -0.3 is 10.2 Å². The van der Waals surface area contributed by atoms with Gasteiger partial charge in [0.05, 0.1) is 18.3 Å². The van der Waals surface area contributed by atoms with Gasteiger partial charge in [-0.25, -0.2) is 4.98 Å². The summed E-state index contributed by atoms with van der Waals surface area (Å²) in [4.78, 5) is 27.1. The molecule has 0 aromatic carbocycles. The molecule has 0 saturated carbocycles. The van der Waals surface area contributed by atoms with Gasteiger partial charge in [0.2, 0.25) is 5.91 Å². The Hall–Kier alpha value is -1.86. The van der Waals surface area contributed by atoms with Gasteiger partial charge in [0.1, 0.15) is 10.7 Å². The largest absolute Gasteiger partial charge is 0.339 e. The minimum Gasteiger partial charge on any atom is -0.339 e. The number of piperazine rings is 1. The van der Waals surface area contributed by atoms with Crippen molar-refractivity contribution in [3.8, 4) is 10.7 Å². The predicted molar refractivity (Wildman–Crippen MR) is 85.5 cm³/mol. The number of hydrogen-bond donors (Lipinski definition) is 1. The summed E-state index contributed by atoms with van der Waals surface area (Å²) in [6.07, 6.45) is 5.31. The number of carbonyl (C=O) groups is 1. The summed E-state index contributed by atoms with van der Waals surface area (Å²) in [5, 5.41) is 6.16. The molecular weight excluding hydrogens is 298 g/mol. The number of amides is 1. The van der Waals surface area contributed by atoms with Crippen LogP contribution in [-0.4, -0.2) is 50.9 Å². The lowest BCUT2D eigenvalue weighted by atomic mass is 10.1. The molecule has 0 spiro atoms. The van der Waals surface area contributed by atoms with Crippen molar-refractivity contribution in [3.05, 3.63) is 29.7 Å². The lowest BCUT2D eigenvalue weighted by molar-refractivity contribution is -0.132. The second kappa shape index (κ2) is 6.50. The van der Waals surface area contributed by atoms with E-state index in [1.54, 1.807) is 18.6 Å².